The molecule has 0 spiro atoms. The Hall–Kier alpha value is -1.22. The van der Waals surface area contributed by atoms with Crippen LogP contribution in [0.15, 0.2) is 12.1 Å². The molecule has 15 heavy (non-hydrogen) atoms. The fourth-order valence-electron chi connectivity index (χ4n) is 1.70. The number of rotatable bonds is 3. The Balaban J connectivity index is 3.23. The van der Waals surface area contributed by atoms with Gasteiger partial charge in [0.1, 0.15) is 5.82 Å². The van der Waals surface area contributed by atoms with E-state index in [0.717, 1.165) is 17.3 Å². The predicted octanol–water partition coefficient (Wildman–Crippen LogP) is 2.52. The third kappa shape index (κ3) is 2.23. The number of nitrogens with one attached hydrogen (secondary N) is 1. The molecular weight excluding hydrogens is 191 g/mol. The summed E-state index contributed by atoms with van der Waals surface area (Å²) in [6.07, 6.45) is 1.16. The van der Waals surface area contributed by atoms with Gasteiger partial charge in [-0.25, -0.2) is 4.39 Å². The van der Waals surface area contributed by atoms with Crippen molar-refractivity contribution in [2.45, 2.75) is 32.7 Å². The summed E-state index contributed by atoms with van der Waals surface area (Å²) in [4.78, 5) is 0. The van der Waals surface area contributed by atoms with E-state index >= 15 is 0 Å². The van der Waals surface area contributed by atoms with Crippen LogP contribution in [0.2, 0.25) is 0 Å². The van der Waals surface area contributed by atoms with Crippen molar-refractivity contribution in [1.29, 1.82) is 5.41 Å². The number of halogens is 1. The number of benzene rings is 1. The fraction of sp³-hybridized carbons (Fsp3) is 0.417. The summed E-state index contributed by atoms with van der Waals surface area (Å²) in [5, 5.41) is 7.11. The van der Waals surface area contributed by atoms with Gasteiger partial charge in [0.2, 0.25) is 0 Å². The van der Waals surface area contributed by atoms with E-state index in [1.165, 1.54) is 6.07 Å². The monoisotopic (exact) mass is 208 g/mol. The van der Waals surface area contributed by atoms with Crippen LogP contribution in [0.25, 0.3) is 0 Å². The van der Waals surface area contributed by atoms with Crippen LogP contribution in [-0.4, -0.2) is 12.3 Å². The summed E-state index contributed by atoms with van der Waals surface area (Å²) in [5.41, 5.74) is 8.34. The largest absolute Gasteiger partial charge is 0.323 e. The van der Waals surface area contributed by atoms with Gasteiger partial charge in [-0.05, 0) is 36.6 Å². The Morgan fingerprint density at radius 2 is 2.00 bits per heavy atom. The van der Waals surface area contributed by atoms with Crippen LogP contribution in [0.1, 0.15) is 29.5 Å². The molecule has 2 atom stereocenters. The first-order chi connectivity index (χ1) is 6.99. The van der Waals surface area contributed by atoms with E-state index in [9.17, 15) is 4.39 Å². The molecule has 0 aliphatic carbocycles. The normalized spacial score (nSPS) is 14.7. The van der Waals surface area contributed by atoms with E-state index in [4.69, 9.17) is 11.1 Å². The van der Waals surface area contributed by atoms with Gasteiger partial charge in [-0.3, -0.25) is 0 Å². The van der Waals surface area contributed by atoms with Crippen LogP contribution in [0, 0.1) is 25.1 Å². The van der Waals surface area contributed by atoms with Gasteiger partial charge in [0.05, 0.1) is 0 Å². The van der Waals surface area contributed by atoms with Crippen molar-refractivity contribution in [3.05, 3.63) is 34.6 Å². The Labute approximate surface area is 89.8 Å². The quantitative estimate of drug-likeness (QED) is 0.737. The number of hydrogen-bond acceptors (Lipinski definition) is 2. The summed E-state index contributed by atoms with van der Waals surface area (Å²) in [5.74, 6) is -0.398. The maximum Gasteiger partial charge on any atom is 0.127 e. The highest BCUT2D eigenvalue weighted by Crippen LogP contribution is 2.26. The zero-order valence-electron chi connectivity index (χ0n) is 9.34. The first-order valence-electron chi connectivity index (χ1n) is 5.00. The lowest BCUT2D eigenvalue weighted by Crippen LogP contribution is -2.29. The van der Waals surface area contributed by atoms with Crippen LogP contribution >= 0.6 is 0 Å². The SMILES string of the molecule is Cc1ccc(F)c(C(C)C(N)C=N)c1C. The van der Waals surface area contributed by atoms with Crippen LogP contribution in [-0.2, 0) is 0 Å². The summed E-state index contributed by atoms with van der Waals surface area (Å²) in [7, 11) is 0. The Morgan fingerprint density at radius 1 is 1.40 bits per heavy atom. The molecule has 0 aliphatic heterocycles. The Kier molecular flexibility index (Phi) is 3.58. The number of hydrogen-bond donors (Lipinski definition) is 2. The maximum atomic E-state index is 13.6. The lowest BCUT2D eigenvalue weighted by atomic mass is 9.88. The van der Waals surface area contributed by atoms with Crippen molar-refractivity contribution in [3.8, 4) is 0 Å². The van der Waals surface area contributed by atoms with E-state index < -0.39 is 6.04 Å². The van der Waals surface area contributed by atoms with Crippen molar-refractivity contribution in [1.82, 2.24) is 0 Å². The zero-order chi connectivity index (χ0) is 11.6. The van der Waals surface area contributed by atoms with E-state index in [2.05, 4.69) is 0 Å². The third-order valence-corrected chi connectivity index (χ3v) is 2.96. The first-order valence-corrected chi connectivity index (χ1v) is 5.00. The number of nitrogens with two attached hydrogens (primary N) is 1. The van der Waals surface area contributed by atoms with Crippen LogP contribution in [0.5, 0.6) is 0 Å². The molecule has 0 saturated heterocycles. The molecule has 0 bridgehead atoms. The van der Waals surface area contributed by atoms with Gasteiger partial charge >= 0.3 is 0 Å². The zero-order valence-corrected chi connectivity index (χ0v) is 9.34. The average molecular weight is 208 g/mol. The molecule has 2 unspecified atom stereocenters. The molecule has 0 fully saturated rings. The summed E-state index contributed by atoms with van der Waals surface area (Å²) in [6.45, 7) is 5.68. The molecular formula is C12H17FN2. The van der Waals surface area contributed by atoms with Crippen LogP contribution in [0.4, 0.5) is 4.39 Å². The molecule has 0 aromatic heterocycles. The average Bonchev–Trinajstić information content (AvgIpc) is 2.22. The van der Waals surface area contributed by atoms with Crippen LogP contribution < -0.4 is 5.73 Å². The van der Waals surface area contributed by atoms with Gasteiger partial charge in [-0.15, -0.1) is 0 Å². The van der Waals surface area contributed by atoms with Crippen molar-refractivity contribution in [2.24, 2.45) is 5.73 Å². The Morgan fingerprint density at radius 3 is 2.53 bits per heavy atom. The second-order valence-electron chi connectivity index (χ2n) is 3.94. The lowest BCUT2D eigenvalue weighted by molar-refractivity contribution is 0.574. The number of aryl methyl sites for hydroxylation is 1. The van der Waals surface area contributed by atoms with E-state index in [0.29, 0.717) is 5.56 Å². The maximum absolute atomic E-state index is 13.6. The highest BCUT2D eigenvalue weighted by atomic mass is 19.1. The molecule has 0 radical (unpaired) electrons. The van der Waals surface area contributed by atoms with Gasteiger partial charge in [0.15, 0.2) is 0 Å². The fourth-order valence-corrected chi connectivity index (χ4v) is 1.70. The van der Waals surface area contributed by atoms with E-state index in [1.807, 2.05) is 20.8 Å². The molecule has 0 saturated carbocycles. The molecule has 0 amide bonds. The summed E-state index contributed by atoms with van der Waals surface area (Å²) >= 11 is 0. The minimum absolute atomic E-state index is 0.164. The standard InChI is InChI=1S/C12H17FN2/c1-7-4-5-10(13)12(8(7)2)9(3)11(15)6-14/h4-6,9,11,14H,15H2,1-3H3. The summed E-state index contributed by atoms with van der Waals surface area (Å²) in [6, 6.07) is 2.79. The molecule has 0 aliphatic rings. The van der Waals surface area contributed by atoms with E-state index in [1.54, 1.807) is 6.07 Å². The molecule has 2 nitrogen and oxygen atoms in total. The van der Waals surface area contributed by atoms with Gasteiger partial charge in [0.25, 0.3) is 0 Å². The van der Waals surface area contributed by atoms with Gasteiger partial charge in [0, 0.05) is 18.2 Å². The van der Waals surface area contributed by atoms with Gasteiger partial charge in [-0.2, -0.15) is 0 Å². The van der Waals surface area contributed by atoms with Crippen LogP contribution in [0.3, 0.4) is 0 Å². The summed E-state index contributed by atoms with van der Waals surface area (Å²) < 4.78 is 13.6. The molecule has 3 heteroatoms. The van der Waals surface area contributed by atoms with E-state index in [-0.39, 0.29) is 11.7 Å². The van der Waals surface area contributed by atoms with Gasteiger partial charge < -0.3 is 11.1 Å². The van der Waals surface area contributed by atoms with Crippen molar-refractivity contribution in [2.75, 3.05) is 0 Å². The second kappa shape index (κ2) is 4.53. The molecule has 1 aromatic carbocycles. The highest BCUT2D eigenvalue weighted by Gasteiger charge is 2.19. The minimum Gasteiger partial charge on any atom is -0.323 e. The third-order valence-electron chi connectivity index (χ3n) is 2.96. The second-order valence-corrected chi connectivity index (χ2v) is 3.94. The van der Waals surface area contributed by atoms with Gasteiger partial charge in [-0.1, -0.05) is 13.0 Å². The molecule has 0 heterocycles. The van der Waals surface area contributed by atoms with Crippen molar-refractivity contribution in [3.63, 3.8) is 0 Å². The Bertz CT molecular complexity index is 374. The van der Waals surface area contributed by atoms with Crippen molar-refractivity contribution >= 4 is 6.21 Å². The molecule has 3 N–H and O–H groups in total. The topological polar surface area (TPSA) is 49.9 Å². The molecule has 1 rings (SSSR count). The lowest BCUT2D eigenvalue weighted by Gasteiger charge is -2.20. The molecule has 1 aromatic rings. The highest BCUT2D eigenvalue weighted by molar-refractivity contribution is 5.62. The molecule has 82 valence electrons. The smallest absolute Gasteiger partial charge is 0.127 e. The van der Waals surface area contributed by atoms with Crippen molar-refractivity contribution < 1.29 is 4.39 Å². The first kappa shape index (κ1) is 11.9. The predicted molar refractivity (Wildman–Crippen MR) is 61.0 cm³/mol. The minimum atomic E-state index is -0.431.